The minimum atomic E-state index is 0.0263. The average molecular weight is 387 g/mol. The van der Waals surface area contributed by atoms with Gasteiger partial charge in [0.05, 0.1) is 0 Å². The van der Waals surface area contributed by atoms with Crippen molar-refractivity contribution in [3.63, 3.8) is 0 Å². The zero-order valence-electron chi connectivity index (χ0n) is 17.1. The third-order valence-electron chi connectivity index (χ3n) is 5.97. The normalized spacial score (nSPS) is 20.8. The number of amides is 2. The summed E-state index contributed by atoms with van der Waals surface area (Å²) < 4.78 is 0. The van der Waals surface area contributed by atoms with E-state index in [4.69, 9.17) is 0 Å². The van der Waals surface area contributed by atoms with Gasteiger partial charge in [0.2, 0.25) is 5.91 Å². The van der Waals surface area contributed by atoms with Crippen LogP contribution in [0.3, 0.4) is 0 Å². The molecule has 0 spiro atoms. The number of likely N-dealkylation sites (tertiary alicyclic amines) is 1. The van der Waals surface area contributed by atoms with Gasteiger partial charge in [0.15, 0.2) is 0 Å². The van der Waals surface area contributed by atoms with Crippen LogP contribution in [-0.2, 0) is 4.79 Å². The van der Waals surface area contributed by atoms with Gasteiger partial charge in [-0.15, -0.1) is 0 Å². The van der Waals surface area contributed by atoms with Gasteiger partial charge in [-0.1, -0.05) is 24.6 Å². The van der Waals surface area contributed by atoms with Crippen LogP contribution >= 0.6 is 0 Å². The summed E-state index contributed by atoms with van der Waals surface area (Å²) in [6.07, 6.45) is 4.16. The molecule has 1 atom stereocenters. The van der Waals surface area contributed by atoms with Crippen molar-refractivity contribution in [1.82, 2.24) is 20.0 Å². The van der Waals surface area contributed by atoms with Crippen molar-refractivity contribution in [1.29, 1.82) is 0 Å². The summed E-state index contributed by atoms with van der Waals surface area (Å²) in [5, 5.41) is 3.27. The Labute approximate surface area is 168 Å². The van der Waals surface area contributed by atoms with Crippen molar-refractivity contribution in [3.05, 3.63) is 35.9 Å². The number of nitrogens with zero attached hydrogens (tertiary/aromatic N) is 3. The zero-order valence-corrected chi connectivity index (χ0v) is 17.1. The fourth-order valence-electron chi connectivity index (χ4n) is 4.12. The molecule has 0 bridgehead atoms. The number of hydrogen-bond acceptors (Lipinski definition) is 4. The van der Waals surface area contributed by atoms with E-state index in [9.17, 15) is 9.59 Å². The van der Waals surface area contributed by atoms with E-state index in [0.717, 1.165) is 39.3 Å². The van der Waals surface area contributed by atoms with E-state index in [1.807, 2.05) is 40.1 Å². The van der Waals surface area contributed by atoms with Crippen LogP contribution < -0.4 is 5.32 Å². The topological polar surface area (TPSA) is 55.9 Å². The molecule has 2 amide bonds. The maximum atomic E-state index is 13.1. The van der Waals surface area contributed by atoms with E-state index >= 15 is 0 Å². The molecule has 0 radical (unpaired) electrons. The lowest BCUT2D eigenvalue weighted by Crippen LogP contribution is -2.48. The van der Waals surface area contributed by atoms with Gasteiger partial charge < -0.3 is 15.1 Å². The molecule has 2 aliphatic heterocycles. The van der Waals surface area contributed by atoms with Crippen LogP contribution in [0.4, 0.5) is 0 Å². The van der Waals surface area contributed by atoms with Gasteiger partial charge in [0, 0.05) is 63.8 Å². The smallest absolute Gasteiger partial charge is 0.253 e. The number of hydrogen-bond donors (Lipinski definition) is 1. The molecule has 0 saturated carbocycles. The maximum absolute atomic E-state index is 13.1. The molecule has 2 saturated heterocycles. The lowest BCUT2D eigenvalue weighted by molar-refractivity contribution is -0.131. The minimum Gasteiger partial charge on any atom is -0.340 e. The van der Waals surface area contributed by atoms with Gasteiger partial charge in [0.1, 0.15) is 0 Å². The van der Waals surface area contributed by atoms with E-state index in [0.29, 0.717) is 31.1 Å². The van der Waals surface area contributed by atoms with E-state index in [1.165, 1.54) is 19.3 Å². The summed E-state index contributed by atoms with van der Waals surface area (Å²) in [5.74, 6) is 0.178. The second kappa shape index (κ2) is 10.6. The fraction of sp³-hybridized carbons (Fsp3) is 0.636. The predicted octanol–water partition coefficient (Wildman–Crippen LogP) is 1.83. The highest BCUT2D eigenvalue weighted by Gasteiger charge is 2.23. The number of benzene rings is 1. The molecule has 2 heterocycles. The Morgan fingerprint density at radius 2 is 1.82 bits per heavy atom. The number of rotatable bonds is 7. The highest BCUT2D eigenvalue weighted by Crippen LogP contribution is 2.16. The maximum Gasteiger partial charge on any atom is 0.253 e. The summed E-state index contributed by atoms with van der Waals surface area (Å²) in [5.41, 5.74) is 0.698. The summed E-state index contributed by atoms with van der Waals surface area (Å²) in [6, 6.07) is 10.00. The van der Waals surface area contributed by atoms with Crippen LogP contribution in [0.25, 0.3) is 0 Å². The van der Waals surface area contributed by atoms with Crippen LogP contribution in [0.15, 0.2) is 30.3 Å². The quantitative estimate of drug-likeness (QED) is 0.777. The third kappa shape index (κ3) is 5.79. The minimum absolute atomic E-state index is 0.0263. The lowest BCUT2D eigenvalue weighted by Gasteiger charge is -2.35. The number of carbonyl (C=O) groups excluding carboxylic acids is 2. The van der Waals surface area contributed by atoms with E-state index < -0.39 is 0 Å². The number of piperidine rings is 1. The zero-order chi connectivity index (χ0) is 19.8. The van der Waals surface area contributed by atoms with Crippen molar-refractivity contribution in [2.75, 3.05) is 52.4 Å². The van der Waals surface area contributed by atoms with Gasteiger partial charge in [-0.2, -0.15) is 0 Å². The highest BCUT2D eigenvalue weighted by molar-refractivity contribution is 5.94. The molecule has 2 fully saturated rings. The molecule has 2 aliphatic rings. The van der Waals surface area contributed by atoms with E-state index in [-0.39, 0.29) is 11.8 Å². The first-order chi connectivity index (χ1) is 13.6. The molecule has 3 rings (SSSR count). The second-order valence-electron chi connectivity index (χ2n) is 7.92. The Hall–Kier alpha value is -1.92. The SMILES string of the molecule is C[C@@H]1CCCCN1CCN(CCC(=O)N1CCNCC1)C(=O)c1ccccc1. The molecule has 6 nitrogen and oxygen atoms in total. The molecule has 154 valence electrons. The highest BCUT2D eigenvalue weighted by atomic mass is 16.2. The monoisotopic (exact) mass is 386 g/mol. The molecule has 0 aromatic heterocycles. The van der Waals surface area contributed by atoms with Crippen molar-refractivity contribution >= 4 is 11.8 Å². The number of carbonyl (C=O) groups is 2. The standard InChI is InChI=1S/C22H34N4O2/c1-19-7-5-6-13-24(19)17-18-26(22(28)20-8-3-2-4-9-20)14-10-21(27)25-15-11-23-12-16-25/h2-4,8-9,19,23H,5-7,10-18H2,1H3/t19-/m1/s1. The van der Waals surface area contributed by atoms with Gasteiger partial charge in [-0.25, -0.2) is 0 Å². The Morgan fingerprint density at radius 3 is 2.54 bits per heavy atom. The summed E-state index contributed by atoms with van der Waals surface area (Å²) >= 11 is 0. The molecule has 0 unspecified atom stereocenters. The summed E-state index contributed by atoms with van der Waals surface area (Å²) in [7, 11) is 0. The molecule has 6 heteroatoms. The van der Waals surface area contributed by atoms with Crippen LogP contribution in [0.1, 0.15) is 43.0 Å². The van der Waals surface area contributed by atoms with Gasteiger partial charge in [-0.05, 0) is 38.4 Å². The largest absolute Gasteiger partial charge is 0.340 e. The van der Waals surface area contributed by atoms with Gasteiger partial charge in [0.25, 0.3) is 5.91 Å². The fourth-order valence-corrected chi connectivity index (χ4v) is 4.12. The molecular formula is C22H34N4O2. The van der Waals surface area contributed by atoms with Crippen molar-refractivity contribution in [2.45, 2.75) is 38.6 Å². The van der Waals surface area contributed by atoms with Crippen LogP contribution in [-0.4, -0.2) is 84.9 Å². The Kier molecular flexibility index (Phi) is 7.86. The molecule has 1 aromatic carbocycles. The van der Waals surface area contributed by atoms with Gasteiger partial charge >= 0.3 is 0 Å². The molecular weight excluding hydrogens is 352 g/mol. The summed E-state index contributed by atoms with van der Waals surface area (Å²) in [4.78, 5) is 31.9. The van der Waals surface area contributed by atoms with Crippen LogP contribution in [0, 0.1) is 0 Å². The molecule has 28 heavy (non-hydrogen) atoms. The number of nitrogens with one attached hydrogen (secondary N) is 1. The van der Waals surface area contributed by atoms with Crippen molar-refractivity contribution in [2.24, 2.45) is 0 Å². The van der Waals surface area contributed by atoms with Gasteiger partial charge in [-0.3, -0.25) is 14.5 Å². The van der Waals surface area contributed by atoms with Crippen LogP contribution in [0.5, 0.6) is 0 Å². The molecule has 1 N–H and O–H groups in total. The lowest BCUT2D eigenvalue weighted by atomic mass is 10.0. The third-order valence-corrected chi connectivity index (χ3v) is 5.97. The Morgan fingerprint density at radius 1 is 1.07 bits per heavy atom. The molecule has 1 aromatic rings. The Balaban J connectivity index is 1.60. The average Bonchev–Trinajstić information content (AvgIpc) is 2.75. The van der Waals surface area contributed by atoms with Crippen LogP contribution in [0.2, 0.25) is 0 Å². The summed E-state index contributed by atoms with van der Waals surface area (Å²) in [6.45, 7) is 8.64. The van der Waals surface area contributed by atoms with E-state index in [2.05, 4.69) is 17.1 Å². The van der Waals surface area contributed by atoms with Crippen molar-refractivity contribution < 1.29 is 9.59 Å². The molecule has 0 aliphatic carbocycles. The first-order valence-corrected chi connectivity index (χ1v) is 10.7. The number of piperazine rings is 1. The first-order valence-electron chi connectivity index (χ1n) is 10.7. The predicted molar refractivity (Wildman–Crippen MR) is 111 cm³/mol. The van der Waals surface area contributed by atoms with Crippen molar-refractivity contribution in [3.8, 4) is 0 Å². The second-order valence-corrected chi connectivity index (χ2v) is 7.92. The Bertz CT molecular complexity index is 631. The van der Waals surface area contributed by atoms with E-state index in [1.54, 1.807) is 0 Å². The first kappa shape index (κ1) is 20.8.